The molecule has 0 aliphatic carbocycles. The van der Waals surface area contributed by atoms with Crippen molar-refractivity contribution in [1.82, 2.24) is 5.32 Å². The highest BCUT2D eigenvalue weighted by Gasteiger charge is 2.65. The SMILES string of the molecule is CC(C#N)(COc1cc(C#N)ccc1OC(F)(F)F)NC(=O)c1ccc(S(F)(F)(F)(F)F)cc1. The molecule has 1 atom stereocenters. The van der Waals surface area contributed by atoms with Crippen molar-refractivity contribution in [3.05, 3.63) is 53.6 Å². The van der Waals surface area contributed by atoms with Crippen molar-refractivity contribution in [3.8, 4) is 23.6 Å². The van der Waals surface area contributed by atoms with Crippen molar-refractivity contribution in [3.63, 3.8) is 0 Å². The maximum absolute atomic E-state index is 12.8. The van der Waals surface area contributed by atoms with Crippen molar-refractivity contribution < 1.29 is 46.9 Å². The summed E-state index contributed by atoms with van der Waals surface area (Å²) in [5.41, 5.74) is -2.58. The van der Waals surface area contributed by atoms with E-state index in [-0.39, 0.29) is 17.7 Å². The predicted octanol–water partition coefficient (Wildman–Crippen LogP) is 6.21. The molecule has 1 amide bonds. The number of carbonyl (C=O) groups is 1. The molecule has 0 aliphatic rings. The van der Waals surface area contributed by atoms with Gasteiger partial charge in [-0.2, -0.15) is 10.5 Å². The monoisotopic (exact) mass is 515 g/mol. The van der Waals surface area contributed by atoms with Crippen LogP contribution in [0.3, 0.4) is 0 Å². The fourth-order valence-electron chi connectivity index (χ4n) is 2.40. The van der Waals surface area contributed by atoms with Gasteiger partial charge in [0, 0.05) is 11.6 Å². The Bertz CT molecular complexity index is 1190. The number of rotatable bonds is 7. The Balaban J connectivity index is 2.22. The minimum absolute atomic E-state index is 0.00479. The van der Waals surface area contributed by atoms with Gasteiger partial charge in [-0.1, -0.05) is 19.4 Å². The summed E-state index contributed by atoms with van der Waals surface area (Å²) < 4.78 is 111. The van der Waals surface area contributed by atoms with Gasteiger partial charge in [-0.05, 0) is 43.3 Å². The molecule has 0 radical (unpaired) electrons. The van der Waals surface area contributed by atoms with Crippen molar-refractivity contribution in [2.45, 2.75) is 23.7 Å². The molecule has 6 nitrogen and oxygen atoms in total. The quantitative estimate of drug-likeness (QED) is 0.443. The average Bonchev–Trinajstić information content (AvgIpc) is 2.70. The minimum Gasteiger partial charge on any atom is -0.486 e. The Hall–Kier alpha value is -3.72. The number of amides is 1. The lowest BCUT2D eigenvalue weighted by atomic mass is 10.0. The van der Waals surface area contributed by atoms with Crippen molar-refractivity contribution in [2.75, 3.05) is 6.61 Å². The zero-order valence-electron chi connectivity index (χ0n) is 16.8. The second kappa shape index (κ2) is 7.95. The van der Waals surface area contributed by atoms with Gasteiger partial charge in [0.25, 0.3) is 5.91 Å². The number of hydrogen-bond acceptors (Lipinski definition) is 5. The highest BCUT2D eigenvalue weighted by molar-refractivity contribution is 8.45. The van der Waals surface area contributed by atoms with E-state index in [2.05, 4.69) is 10.1 Å². The molecular formula is C19H13F8N3O3S. The molecule has 0 heterocycles. The number of carbonyl (C=O) groups excluding carboxylic acids is 1. The van der Waals surface area contributed by atoms with Crippen LogP contribution in [0.5, 0.6) is 11.5 Å². The van der Waals surface area contributed by atoms with E-state index in [1.807, 2.05) is 0 Å². The predicted molar refractivity (Wildman–Crippen MR) is 103 cm³/mol. The van der Waals surface area contributed by atoms with Gasteiger partial charge in [0.2, 0.25) is 0 Å². The molecule has 34 heavy (non-hydrogen) atoms. The summed E-state index contributed by atoms with van der Waals surface area (Å²) in [6, 6.07) is 6.91. The van der Waals surface area contributed by atoms with Gasteiger partial charge in [0.15, 0.2) is 17.0 Å². The maximum Gasteiger partial charge on any atom is 0.573 e. The normalized spacial score (nSPS) is 15.5. The van der Waals surface area contributed by atoms with Crippen LogP contribution in [-0.2, 0) is 0 Å². The van der Waals surface area contributed by atoms with E-state index >= 15 is 0 Å². The van der Waals surface area contributed by atoms with Crippen LogP contribution < -0.4 is 14.8 Å². The molecule has 0 saturated heterocycles. The molecule has 0 saturated carbocycles. The van der Waals surface area contributed by atoms with Crippen LogP contribution >= 0.6 is 10.2 Å². The fraction of sp³-hybridized carbons (Fsp3) is 0.211. The summed E-state index contributed by atoms with van der Waals surface area (Å²) in [4.78, 5) is 10.1. The molecule has 0 fully saturated rings. The Kier molecular flexibility index (Phi) is 6.20. The van der Waals surface area contributed by atoms with Crippen molar-refractivity contribution in [2.24, 2.45) is 0 Å². The number of nitrogens with zero attached hydrogens (tertiary/aromatic N) is 2. The first-order valence-corrected chi connectivity index (χ1v) is 10.7. The van der Waals surface area contributed by atoms with Crippen LogP contribution in [0.4, 0.5) is 32.6 Å². The van der Waals surface area contributed by atoms with Crippen LogP contribution in [0.25, 0.3) is 0 Å². The second-order valence-corrected chi connectivity index (χ2v) is 9.41. The largest absolute Gasteiger partial charge is 0.573 e. The number of alkyl halides is 3. The molecule has 0 bridgehead atoms. The number of nitriles is 2. The first-order chi connectivity index (χ1) is 15.2. The minimum atomic E-state index is -9.96. The van der Waals surface area contributed by atoms with Crippen LogP contribution in [0.1, 0.15) is 22.8 Å². The summed E-state index contributed by atoms with van der Waals surface area (Å²) in [6.45, 7) is 0.286. The standard InChI is InChI=1S/C19H13F8N3O3S/c1-18(10-29,11-32-16-8-12(9-28)2-7-15(16)33-19(20,21)22)30-17(31)13-3-5-14(6-4-13)34(23,24,25,26)27/h2-8H,11H2,1H3,(H,30,31). The van der Waals surface area contributed by atoms with Gasteiger partial charge in [-0.25, -0.2) is 0 Å². The van der Waals surface area contributed by atoms with Crippen molar-refractivity contribution >= 4 is 16.1 Å². The number of nitrogens with one attached hydrogen (secondary N) is 1. The van der Waals surface area contributed by atoms with E-state index in [1.165, 1.54) is 0 Å². The molecule has 15 heteroatoms. The maximum atomic E-state index is 12.8. The Morgan fingerprint density at radius 1 is 1.00 bits per heavy atom. The molecule has 184 valence electrons. The summed E-state index contributed by atoms with van der Waals surface area (Å²) >= 11 is 0. The van der Waals surface area contributed by atoms with E-state index in [4.69, 9.17) is 10.00 Å². The van der Waals surface area contributed by atoms with Crippen molar-refractivity contribution in [1.29, 1.82) is 10.5 Å². The lowest BCUT2D eigenvalue weighted by Crippen LogP contribution is -2.49. The van der Waals surface area contributed by atoms with Gasteiger partial charge >= 0.3 is 16.6 Å². The number of hydrogen-bond donors (Lipinski definition) is 1. The smallest absolute Gasteiger partial charge is 0.486 e. The third-order valence-corrected chi connectivity index (χ3v) is 5.18. The summed E-state index contributed by atoms with van der Waals surface area (Å²) in [5, 5.41) is 20.4. The first-order valence-electron chi connectivity index (χ1n) is 8.76. The van der Waals surface area contributed by atoms with Gasteiger partial charge < -0.3 is 14.8 Å². The molecule has 2 rings (SSSR count). The number of ether oxygens (including phenoxy) is 2. The molecule has 2 aromatic carbocycles. The fourth-order valence-corrected chi connectivity index (χ4v) is 3.05. The van der Waals surface area contributed by atoms with E-state index in [0.29, 0.717) is 12.1 Å². The van der Waals surface area contributed by atoms with Gasteiger partial charge in [0.1, 0.15) is 11.5 Å². The summed E-state index contributed by atoms with van der Waals surface area (Å²) in [7, 11) is -9.96. The molecule has 2 aromatic rings. The molecule has 1 unspecified atom stereocenters. The van der Waals surface area contributed by atoms with E-state index in [9.17, 15) is 42.7 Å². The topological polar surface area (TPSA) is 95.1 Å². The zero-order chi connectivity index (χ0) is 26.1. The van der Waals surface area contributed by atoms with Gasteiger partial charge in [-0.3, -0.25) is 4.79 Å². The third-order valence-electron chi connectivity index (χ3n) is 4.01. The highest BCUT2D eigenvalue weighted by atomic mass is 32.5. The number of benzene rings is 2. The molecule has 0 spiro atoms. The van der Waals surface area contributed by atoms with Crippen LogP contribution in [0.15, 0.2) is 47.4 Å². The Morgan fingerprint density at radius 2 is 1.59 bits per heavy atom. The lowest BCUT2D eigenvalue weighted by Gasteiger charge is -2.40. The van der Waals surface area contributed by atoms with Crippen LogP contribution in [-0.4, -0.2) is 24.4 Å². The van der Waals surface area contributed by atoms with Gasteiger partial charge in [-0.15, -0.1) is 13.2 Å². The van der Waals surface area contributed by atoms with Crippen LogP contribution in [0, 0.1) is 22.7 Å². The highest BCUT2D eigenvalue weighted by Crippen LogP contribution is 3.02. The lowest BCUT2D eigenvalue weighted by molar-refractivity contribution is -0.275. The second-order valence-electron chi connectivity index (χ2n) is 7.00. The summed E-state index contributed by atoms with van der Waals surface area (Å²) in [6.07, 6.45) is -5.11. The molecule has 0 aromatic heterocycles. The molecular weight excluding hydrogens is 502 g/mol. The average molecular weight is 515 g/mol. The summed E-state index contributed by atoms with van der Waals surface area (Å²) in [5.74, 6) is -2.59. The molecule has 0 aliphatic heterocycles. The van der Waals surface area contributed by atoms with E-state index in [1.54, 1.807) is 12.1 Å². The molecule has 1 N–H and O–H groups in total. The zero-order valence-corrected chi connectivity index (χ0v) is 17.6. The third kappa shape index (κ3) is 7.14. The van der Waals surface area contributed by atoms with Crippen LogP contribution in [0.2, 0.25) is 0 Å². The Morgan fingerprint density at radius 3 is 2.06 bits per heavy atom. The first kappa shape index (κ1) is 26.5. The van der Waals surface area contributed by atoms with Gasteiger partial charge in [0.05, 0.1) is 17.7 Å². The van der Waals surface area contributed by atoms with E-state index in [0.717, 1.165) is 25.1 Å². The number of halogens is 8. The van der Waals surface area contributed by atoms with E-state index < -0.39 is 56.6 Å². The Labute approximate surface area is 187 Å².